The number of hydrogen-bond donors (Lipinski definition) is 4. The number of amides is 1. The van der Waals surface area contributed by atoms with Gasteiger partial charge in [0.05, 0.1) is 29.9 Å². The van der Waals surface area contributed by atoms with Crippen molar-refractivity contribution in [1.29, 1.82) is 0 Å². The van der Waals surface area contributed by atoms with Crippen LogP contribution in [0.1, 0.15) is 23.2 Å². The highest BCUT2D eigenvalue weighted by molar-refractivity contribution is 5.99. The number of fused-ring (bicyclic) bond motifs is 2. The maximum absolute atomic E-state index is 13.2. The molecule has 1 aromatic carbocycles. The molecule has 2 saturated heterocycles. The van der Waals surface area contributed by atoms with Gasteiger partial charge in [-0.1, -0.05) is 0 Å². The SMILES string of the molecule is O=C(O)C(F)(F)F.O=C(c1ccc(Nc2nc(NC3CCOCC3)c3cc[nH]c3n2)c2c1OCCO2)N1CCOCC1. The topological polar surface area (TPSA) is 160 Å². The first-order valence-corrected chi connectivity index (χ1v) is 13.3. The van der Waals surface area contributed by atoms with Crippen LogP contribution < -0.4 is 20.1 Å². The van der Waals surface area contributed by atoms with E-state index in [1.165, 1.54) is 0 Å². The van der Waals surface area contributed by atoms with Crippen LogP contribution in [-0.2, 0) is 14.3 Å². The Balaban J connectivity index is 0.000000451. The van der Waals surface area contributed by atoms with Crippen LogP contribution >= 0.6 is 0 Å². The molecule has 0 bridgehead atoms. The fraction of sp³-hybridized carbons (Fsp3) is 0.462. The van der Waals surface area contributed by atoms with Crippen molar-refractivity contribution in [2.24, 2.45) is 0 Å². The molecule has 3 aliphatic rings. The Morgan fingerprint density at radius 3 is 2.31 bits per heavy atom. The van der Waals surface area contributed by atoms with E-state index in [0.29, 0.717) is 74.3 Å². The molecule has 0 atom stereocenters. The van der Waals surface area contributed by atoms with Gasteiger partial charge in [-0.2, -0.15) is 23.1 Å². The summed E-state index contributed by atoms with van der Waals surface area (Å²) in [7, 11) is 0. The van der Waals surface area contributed by atoms with E-state index in [4.69, 9.17) is 33.8 Å². The van der Waals surface area contributed by atoms with Gasteiger partial charge in [0.15, 0.2) is 11.5 Å². The minimum Gasteiger partial charge on any atom is -0.485 e. The highest BCUT2D eigenvalue weighted by Crippen LogP contribution is 2.42. The number of carbonyl (C=O) groups excluding carboxylic acids is 1. The summed E-state index contributed by atoms with van der Waals surface area (Å²) < 4.78 is 54.5. The molecule has 0 spiro atoms. The minimum absolute atomic E-state index is 0.0893. The summed E-state index contributed by atoms with van der Waals surface area (Å²) >= 11 is 0. The quantitative estimate of drug-likeness (QED) is 0.344. The number of carbonyl (C=O) groups is 2. The van der Waals surface area contributed by atoms with Crippen molar-refractivity contribution in [1.82, 2.24) is 19.9 Å². The van der Waals surface area contributed by atoms with Gasteiger partial charge in [0.25, 0.3) is 5.91 Å². The average molecular weight is 595 g/mol. The molecule has 4 N–H and O–H groups in total. The van der Waals surface area contributed by atoms with Gasteiger partial charge in [0.1, 0.15) is 24.7 Å². The van der Waals surface area contributed by atoms with E-state index in [0.717, 1.165) is 42.9 Å². The molecule has 0 radical (unpaired) electrons. The maximum atomic E-state index is 13.2. The molecule has 42 heavy (non-hydrogen) atoms. The number of halogens is 3. The Bertz CT molecular complexity index is 1420. The van der Waals surface area contributed by atoms with Crippen molar-refractivity contribution in [3.8, 4) is 11.5 Å². The van der Waals surface area contributed by atoms with E-state index >= 15 is 0 Å². The Morgan fingerprint density at radius 2 is 1.62 bits per heavy atom. The molecule has 1 amide bonds. The van der Waals surface area contributed by atoms with E-state index in [2.05, 4.69) is 20.6 Å². The number of aliphatic carboxylic acids is 1. The van der Waals surface area contributed by atoms with Crippen molar-refractivity contribution in [3.05, 3.63) is 30.0 Å². The van der Waals surface area contributed by atoms with E-state index in [9.17, 15) is 18.0 Å². The third kappa shape index (κ3) is 6.76. The molecule has 226 valence electrons. The summed E-state index contributed by atoms with van der Waals surface area (Å²) in [5.74, 6) is -0.737. The number of alkyl halides is 3. The molecule has 3 aromatic rings. The van der Waals surface area contributed by atoms with Crippen LogP contribution in [0.2, 0.25) is 0 Å². The number of benzene rings is 1. The zero-order valence-corrected chi connectivity index (χ0v) is 22.3. The Labute approximate surface area is 237 Å². The Hall–Kier alpha value is -4.31. The highest BCUT2D eigenvalue weighted by Gasteiger charge is 2.38. The number of nitrogens with one attached hydrogen (secondary N) is 3. The average Bonchev–Trinajstić information content (AvgIpc) is 3.47. The fourth-order valence-corrected chi connectivity index (χ4v) is 4.60. The number of carboxylic acids is 1. The van der Waals surface area contributed by atoms with Crippen LogP contribution in [0.5, 0.6) is 11.5 Å². The summed E-state index contributed by atoms with van der Waals surface area (Å²) in [6, 6.07) is 5.84. The molecule has 13 nitrogen and oxygen atoms in total. The Kier molecular flexibility index (Phi) is 8.82. The number of ether oxygens (including phenoxy) is 4. The van der Waals surface area contributed by atoms with Gasteiger partial charge < -0.3 is 44.6 Å². The lowest BCUT2D eigenvalue weighted by Gasteiger charge is -2.29. The fourth-order valence-electron chi connectivity index (χ4n) is 4.60. The van der Waals surface area contributed by atoms with Crippen LogP contribution in [0.4, 0.5) is 30.6 Å². The third-order valence-corrected chi connectivity index (χ3v) is 6.68. The molecule has 16 heteroatoms. The zero-order chi connectivity index (χ0) is 29.7. The van der Waals surface area contributed by atoms with Gasteiger partial charge in [0, 0.05) is 38.5 Å². The van der Waals surface area contributed by atoms with Gasteiger partial charge in [-0.15, -0.1) is 0 Å². The van der Waals surface area contributed by atoms with Gasteiger partial charge in [-0.3, -0.25) is 4.79 Å². The van der Waals surface area contributed by atoms with E-state index in [-0.39, 0.29) is 5.91 Å². The number of morpholine rings is 1. The van der Waals surface area contributed by atoms with E-state index in [1.54, 1.807) is 11.0 Å². The molecule has 5 heterocycles. The normalized spacial score (nSPS) is 17.3. The predicted molar refractivity (Wildman–Crippen MR) is 142 cm³/mol. The molecular formula is C26H29F3N6O7. The van der Waals surface area contributed by atoms with Crippen LogP contribution in [0, 0.1) is 0 Å². The van der Waals surface area contributed by atoms with Gasteiger partial charge in [-0.05, 0) is 31.0 Å². The number of carboxylic acid groups (broad SMARTS) is 1. The van der Waals surface area contributed by atoms with Gasteiger partial charge in [0.2, 0.25) is 5.95 Å². The Morgan fingerprint density at radius 1 is 0.952 bits per heavy atom. The number of H-pyrrole nitrogens is 1. The van der Waals surface area contributed by atoms with Gasteiger partial charge in [-0.25, -0.2) is 4.79 Å². The molecule has 3 aliphatic heterocycles. The van der Waals surface area contributed by atoms with Crippen molar-refractivity contribution in [3.63, 3.8) is 0 Å². The molecule has 6 rings (SSSR count). The van der Waals surface area contributed by atoms with Crippen LogP contribution in [0.25, 0.3) is 11.0 Å². The van der Waals surface area contributed by atoms with Crippen molar-refractivity contribution < 1.29 is 46.8 Å². The third-order valence-electron chi connectivity index (χ3n) is 6.68. The molecular weight excluding hydrogens is 565 g/mol. The number of nitrogens with zero attached hydrogens (tertiary/aromatic N) is 3. The van der Waals surface area contributed by atoms with Crippen LogP contribution in [-0.4, -0.2) is 102 Å². The number of aromatic amines is 1. The highest BCUT2D eigenvalue weighted by atomic mass is 19.4. The first-order valence-electron chi connectivity index (χ1n) is 13.3. The van der Waals surface area contributed by atoms with Gasteiger partial charge >= 0.3 is 12.1 Å². The summed E-state index contributed by atoms with van der Waals surface area (Å²) in [4.78, 5) is 36.4. The summed E-state index contributed by atoms with van der Waals surface area (Å²) in [6.07, 6.45) is -1.38. The monoisotopic (exact) mass is 594 g/mol. The molecule has 2 aromatic heterocycles. The number of anilines is 3. The van der Waals surface area contributed by atoms with E-state index in [1.807, 2.05) is 18.3 Å². The predicted octanol–water partition coefficient (Wildman–Crippen LogP) is 3.17. The van der Waals surface area contributed by atoms with Crippen molar-refractivity contribution in [2.75, 3.05) is 63.4 Å². The number of rotatable bonds is 5. The first-order chi connectivity index (χ1) is 20.2. The summed E-state index contributed by atoms with van der Waals surface area (Å²) in [5.41, 5.74) is 1.85. The van der Waals surface area contributed by atoms with Crippen LogP contribution in [0.15, 0.2) is 24.4 Å². The lowest BCUT2D eigenvalue weighted by molar-refractivity contribution is -0.192. The largest absolute Gasteiger partial charge is 0.490 e. The second-order valence-corrected chi connectivity index (χ2v) is 9.52. The minimum atomic E-state index is -5.08. The molecule has 2 fully saturated rings. The first kappa shape index (κ1) is 29.2. The number of hydrogen-bond acceptors (Lipinski definition) is 10. The molecule has 0 aliphatic carbocycles. The zero-order valence-electron chi connectivity index (χ0n) is 22.3. The second-order valence-electron chi connectivity index (χ2n) is 9.52. The lowest BCUT2D eigenvalue weighted by atomic mass is 10.1. The van der Waals surface area contributed by atoms with Crippen LogP contribution in [0.3, 0.4) is 0 Å². The van der Waals surface area contributed by atoms with E-state index < -0.39 is 12.1 Å². The standard InChI is InChI=1S/C24H28N6O5.C2HF3O2/c31-23(30-7-11-33-12-8-30)16-1-2-18(20-19(16)34-13-14-35-20)27-24-28-21-17(3-6-25-21)22(29-24)26-15-4-9-32-10-5-15;3-2(4,5)1(6)7/h1-3,6,15H,4-5,7-14H2,(H3,25,26,27,28,29);(H,6,7). The second kappa shape index (κ2) is 12.7. The smallest absolute Gasteiger partial charge is 0.485 e. The molecule has 0 unspecified atom stereocenters. The maximum Gasteiger partial charge on any atom is 0.490 e. The van der Waals surface area contributed by atoms with Crippen molar-refractivity contribution in [2.45, 2.75) is 25.1 Å². The summed E-state index contributed by atoms with van der Waals surface area (Å²) in [5, 5.41) is 14.9. The molecule has 0 saturated carbocycles. The van der Waals surface area contributed by atoms with Crippen molar-refractivity contribution >= 4 is 40.4 Å². The number of aromatic nitrogens is 3. The lowest BCUT2D eigenvalue weighted by Crippen LogP contribution is -2.41. The summed E-state index contributed by atoms with van der Waals surface area (Å²) in [6.45, 7) is 4.43.